The van der Waals surface area contributed by atoms with Gasteiger partial charge in [0.1, 0.15) is 11.4 Å². The van der Waals surface area contributed by atoms with Crippen LogP contribution in [0, 0.1) is 6.92 Å². The third-order valence-corrected chi connectivity index (χ3v) is 3.08. The highest BCUT2D eigenvalue weighted by molar-refractivity contribution is 6.31. The summed E-state index contributed by atoms with van der Waals surface area (Å²) in [7, 11) is 0. The Morgan fingerprint density at radius 1 is 1.57 bits per heavy atom. The molecule has 1 aliphatic heterocycles. The Kier molecular flexibility index (Phi) is 2.20. The number of aliphatic hydroxyl groups is 1. The van der Waals surface area contributed by atoms with Crippen molar-refractivity contribution in [2.45, 2.75) is 25.9 Å². The molecule has 2 rings (SSSR count). The van der Waals surface area contributed by atoms with Gasteiger partial charge in [-0.25, -0.2) is 0 Å². The summed E-state index contributed by atoms with van der Waals surface area (Å²) in [6.07, 6.45) is 0.747. The molecule has 1 heterocycles. The molecular weight excluding hydrogens is 200 g/mol. The molecule has 1 unspecified atom stereocenters. The van der Waals surface area contributed by atoms with Crippen LogP contribution in [0.5, 0.6) is 5.75 Å². The van der Waals surface area contributed by atoms with Crippen LogP contribution in [-0.4, -0.2) is 17.3 Å². The molecule has 0 saturated carbocycles. The smallest absolute Gasteiger partial charge is 0.133 e. The van der Waals surface area contributed by atoms with Gasteiger partial charge in [-0.05, 0) is 25.5 Å². The number of hydrogen-bond acceptors (Lipinski definition) is 2. The van der Waals surface area contributed by atoms with Gasteiger partial charge in [-0.2, -0.15) is 0 Å². The van der Waals surface area contributed by atoms with Gasteiger partial charge < -0.3 is 9.84 Å². The molecule has 0 spiro atoms. The maximum absolute atomic E-state index is 9.20. The van der Waals surface area contributed by atoms with Crippen LogP contribution in [0.3, 0.4) is 0 Å². The zero-order chi connectivity index (χ0) is 10.3. The molecule has 0 aromatic heterocycles. The molecule has 0 saturated heterocycles. The predicted molar refractivity (Wildman–Crippen MR) is 56.0 cm³/mol. The fraction of sp³-hybridized carbons (Fsp3) is 0.455. The summed E-state index contributed by atoms with van der Waals surface area (Å²) < 4.78 is 5.72. The van der Waals surface area contributed by atoms with Gasteiger partial charge in [0.05, 0.1) is 6.61 Å². The highest BCUT2D eigenvalue weighted by Gasteiger charge is 2.35. The molecule has 0 radical (unpaired) electrons. The van der Waals surface area contributed by atoms with Crippen molar-refractivity contribution < 1.29 is 9.84 Å². The summed E-state index contributed by atoms with van der Waals surface area (Å²) in [5.74, 6) is 0.842. The zero-order valence-corrected chi connectivity index (χ0v) is 9.06. The van der Waals surface area contributed by atoms with Crippen molar-refractivity contribution in [3.05, 3.63) is 28.3 Å². The molecule has 0 amide bonds. The molecule has 76 valence electrons. The van der Waals surface area contributed by atoms with E-state index in [1.54, 1.807) is 0 Å². The zero-order valence-electron chi connectivity index (χ0n) is 8.30. The average Bonchev–Trinajstić information content (AvgIpc) is 2.51. The monoisotopic (exact) mass is 212 g/mol. The fourth-order valence-electron chi connectivity index (χ4n) is 1.78. The average molecular weight is 213 g/mol. The van der Waals surface area contributed by atoms with Crippen molar-refractivity contribution in [1.82, 2.24) is 0 Å². The highest BCUT2D eigenvalue weighted by Crippen LogP contribution is 2.39. The third kappa shape index (κ3) is 1.39. The molecule has 3 heteroatoms. The van der Waals surface area contributed by atoms with Crippen LogP contribution in [0.15, 0.2) is 12.1 Å². The number of benzene rings is 1. The minimum absolute atomic E-state index is 0.0265. The van der Waals surface area contributed by atoms with E-state index in [4.69, 9.17) is 16.3 Å². The van der Waals surface area contributed by atoms with Gasteiger partial charge >= 0.3 is 0 Å². The Hall–Kier alpha value is -0.730. The molecule has 1 N–H and O–H groups in total. The summed E-state index contributed by atoms with van der Waals surface area (Å²) in [6, 6.07) is 3.84. The first-order chi connectivity index (χ1) is 6.56. The topological polar surface area (TPSA) is 29.5 Å². The summed E-state index contributed by atoms with van der Waals surface area (Å²) in [5.41, 5.74) is 1.61. The molecule has 2 nitrogen and oxygen atoms in total. The Bertz CT molecular complexity index is 376. The second kappa shape index (κ2) is 3.14. The van der Waals surface area contributed by atoms with Crippen molar-refractivity contribution in [3.63, 3.8) is 0 Å². The maximum Gasteiger partial charge on any atom is 0.133 e. The van der Waals surface area contributed by atoms with Crippen molar-refractivity contribution in [1.29, 1.82) is 0 Å². The van der Waals surface area contributed by atoms with Gasteiger partial charge in [0.2, 0.25) is 0 Å². The minimum Gasteiger partial charge on any atom is -0.484 e. The fourth-order valence-corrected chi connectivity index (χ4v) is 1.93. The van der Waals surface area contributed by atoms with Gasteiger partial charge in [0.15, 0.2) is 0 Å². The van der Waals surface area contributed by atoms with Crippen LogP contribution in [0.1, 0.15) is 18.1 Å². The standard InChI is InChI=1S/C11H13ClO2/c1-7-9(12)4-3-8-5-11(2,6-13)14-10(7)8/h3-4,13H,5-6H2,1-2H3. The van der Waals surface area contributed by atoms with Gasteiger partial charge in [0.25, 0.3) is 0 Å². The van der Waals surface area contributed by atoms with Gasteiger partial charge in [-0.3, -0.25) is 0 Å². The van der Waals surface area contributed by atoms with Crippen LogP contribution >= 0.6 is 11.6 Å². The Labute approximate surface area is 88.5 Å². The summed E-state index contributed by atoms with van der Waals surface area (Å²) >= 11 is 5.99. The van der Waals surface area contributed by atoms with Crippen LogP contribution < -0.4 is 4.74 Å². The lowest BCUT2D eigenvalue weighted by Gasteiger charge is -2.20. The molecular formula is C11H13ClO2. The Morgan fingerprint density at radius 3 is 2.93 bits per heavy atom. The molecule has 14 heavy (non-hydrogen) atoms. The second-order valence-electron chi connectivity index (χ2n) is 4.05. The SMILES string of the molecule is Cc1c(Cl)ccc2c1OC(C)(CO)C2. The molecule has 0 fully saturated rings. The van der Waals surface area contributed by atoms with E-state index in [9.17, 15) is 5.11 Å². The molecule has 1 aromatic carbocycles. The van der Waals surface area contributed by atoms with Crippen molar-refractivity contribution in [2.75, 3.05) is 6.61 Å². The van der Waals surface area contributed by atoms with E-state index in [1.165, 1.54) is 0 Å². The lowest BCUT2D eigenvalue weighted by Crippen LogP contribution is -2.34. The first kappa shape index (κ1) is 9.81. The van der Waals surface area contributed by atoms with E-state index in [1.807, 2.05) is 26.0 Å². The normalized spacial score (nSPS) is 24.6. The first-order valence-corrected chi connectivity index (χ1v) is 5.01. The van der Waals surface area contributed by atoms with E-state index < -0.39 is 5.60 Å². The van der Waals surface area contributed by atoms with Gasteiger partial charge in [-0.15, -0.1) is 0 Å². The van der Waals surface area contributed by atoms with E-state index in [-0.39, 0.29) is 6.61 Å². The predicted octanol–water partition coefficient (Wildman–Crippen LogP) is 2.33. The lowest BCUT2D eigenvalue weighted by atomic mass is 10.00. The summed E-state index contributed by atoms with van der Waals surface area (Å²) in [5, 5.41) is 9.91. The van der Waals surface area contributed by atoms with Crippen LogP contribution in [0.2, 0.25) is 5.02 Å². The Morgan fingerprint density at radius 2 is 2.29 bits per heavy atom. The summed E-state index contributed by atoms with van der Waals surface area (Å²) in [4.78, 5) is 0. The van der Waals surface area contributed by atoms with Gasteiger partial charge in [-0.1, -0.05) is 17.7 Å². The Balaban J connectivity index is 2.45. The molecule has 1 atom stereocenters. The first-order valence-electron chi connectivity index (χ1n) is 4.63. The second-order valence-corrected chi connectivity index (χ2v) is 4.45. The van der Waals surface area contributed by atoms with E-state index >= 15 is 0 Å². The minimum atomic E-state index is -0.474. The maximum atomic E-state index is 9.20. The van der Waals surface area contributed by atoms with E-state index in [0.717, 1.165) is 23.3 Å². The molecule has 1 aliphatic rings. The number of rotatable bonds is 1. The quantitative estimate of drug-likeness (QED) is 0.775. The summed E-state index contributed by atoms with van der Waals surface area (Å²) in [6.45, 7) is 3.86. The van der Waals surface area contributed by atoms with Crippen molar-refractivity contribution in [2.24, 2.45) is 0 Å². The van der Waals surface area contributed by atoms with Crippen molar-refractivity contribution >= 4 is 11.6 Å². The van der Waals surface area contributed by atoms with E-state index in [2.05, 4.69) is 0 Å². The van der Waals surface area contributed by atoms with Crippen molar-refractivity contribution in [3.8, 4) is 5.75 Å². The number of fused-ring (bicyclic) bond motifs is 1. The number of hydrogen-bond donors (Lipinski definition) is 1. The largest absolute Gasteiger partial charge is 0.484 e. The molecule has 0 bridgehead atoms. The van der Waals surface area contributed by atoms with Crippen LogP contribution in [-0.2, 0) is 6.42 Å². The number of halogens is 1. The third-order valence-electron chi connectivity index (χ3n) is 2.67. The molecule has 1 aromatic rings. The van der Waals surface area contributed by atoms with Crippen LogP contribution in [0.25, 0.3) is 0 Å². The van der Waals surface area contributed by atoms with Gasteiger partial charge in [0, 0.05) is 17.0 Å². The molecule has 0 aliphatic carbocycles. The highest BCUT2D eigenvalue weighted by atomic mass is 35.5. The number of aliphatic hydroxyl groups excluding tert-OH is 1. The van der Waals surface area contributed by atoms with E-state index in [0.29, 0.717) is 5.02 Å². The van der Waals surface area contributed by atoms with Crippen LogP contribution in [0.4, 0.5) is 0 Å². The lowest BCUT2D eigenvalue weighted by molar-refractivity contribution is 0.0442. The number of ether oxygens (including phenoxy) is 1.